The average molecular weight is 316 g/mol. The summed E-state index contributed by atoms with van der Waals surface area (Å²) in [5.74, 6) is 0.195. The predicted molar refractivity (Wildman–Crippen MR) is 82.4 cm³/mol. The van der Waals surface area contributed by atoms with E-state index in [2.05, 4.69) is 20.2 Å². The van der Waals surface area contributed by atoms with Gasteiger partial charge in [-0.2, -0.15) is 5.10 Å². The summed E-state index contributed by atoms with van der Waals surface area (Å²) in [6, 6.07) is 0.959. The van der Waals surface area contributed by atoms with Crippen LogP contribution in [0.5, 0.6) is 0 Å². The van der Waals surface area contributed by atoms with Crippen molar-refractivity contribution in [2.75, 3.05) is 11.6 Å². The molecule has 8 heteroatoms. The zero-order valence-electron chi connectivity index (χ0n) is 12.9. The zero-order chi connectivity index (χ0) is 16.0. The Bertz CT molecular complexity index is 566. The van der Waals surface area contributed by atoms with Crippen molar-refractivity contribution in [1.82, 2.24) is 14.9 Å². The Morgan fingerprint density at radius 3 is 2.62 bits per heavy atom. The first kappa shape index (κ1) is 17.6. The number of hydrogen-bond acceptors (Lipinski definition) is 4. The molecule has 7 nitrogen and oxygen atoms in total. The van der Waals surface area contributed by atoms with E-state index in [-0.39, 0.29) is 5.92 Å². The Hall–Kier alpha value is -1.41. The van der Waals surface area contributed by atoms with Crippen LogP contribution in [0.1, 0.15) is 39.3 Å². The quantitative estimate of drug-likeness (QED) is 0.671. The normalized spacial score (nSPS) is 13.4. The smallest absolute Gasteiger partial charge is 0.243 e. The number of sulfonamides is 1. The number of nitrogens with one attached hydrogen (secondary N) is 3. The van der Waals surface area contributed by atoms with E-state index >= 15 is 0 Å². The molecule has 1 unspecified atom stereocenters. The number of carbonyl (C=O) groups excluding carboxylic acids is 1. The van der Waals surface area contributed by atoms with Crippen LogP contribution in [-0.4, -0.2) is 36.8 Å². The Morgan fingerprint density at radius 2 is 2.10 bits per heavy atom. The number of nitrogens with zero attached hydrogens (tertiary/aromatic N) is 1. The third kappa shape index (κ3) is 6.72. The number of amides is 1. The fraction of sp³-hybridized carbons (Fsp3) is 0.692. The highest BCUT2D eigenvalue weighted by atomic mass is 32.2. The maximum absolute atomic E-state index is 12.2. The van der Waals surface area contributed by atoms with Crippen molar-refractivity contribution in [3.8, 4) is 0 Å². The number of aromatic amines is 1. The van der Waals surface area contributed by atoms with Gasteiger partial charge in [0.05, 0.1) is 6.26 Å². The number of aryl methyl sites for hydroxylation is 1. The Balaban J connectivity index is 2.74. The molecule has 1 amide bonds. The molecule has 0 aliphatic carbocycles. The lowest BCUT2D eigenvalue weighted by atomic mass is 10.0. The minimum absolute atomic E-state index is 0.185. The monoisotopic (exact) mass is 316 g/mol. The van der Waals surface area contributed by atoms with E-state index in [0.29, 0.717) is 12.2 Å². The number of hydrogen-bond donors (Lipinski definition) is 3. The molecule has 1 rings (SSSR count). The SMILES string of the molecule is CCCc1cc(NC(=O)C(CC(C)C)NS(C)(=O)=O)n[nH]1. The third-order valence-electron chi connectivity index (χ3n) is 2.78. The lowest BCUT2D eigenvalue weighted by Gasteiger charge is -2.18. The summed E-state index contributed by atoms with van der Waals surface area (Å²) in [7, 11) is -3.45. The molecule has 0 bridgehead atoms. The largest absolute Gasteiger partial charge is 0.308 e. The predicted octanol–water partition coefficient (Wildman–Crippen LogP) is 1.26. The van der Waals surface area contributed by atoms with Gasteiger partial charge >= 0.3 is 0 Å². The highest BCUT2D eigenvalue weighted by Gasteiger charge is 2.23. The van der Waals surface area contributed by atoms with Crippen LogP contribution in [0.4, 0.5) is 5.82 Å². The maximum Gasteiger partial charge on any atom is 0.243 e. The summed E-state index contributed by atoms with van der Waals surface area (Å²) in [5, 5.41) is 9.48. The number of aromatic nitrogens is 2. The molecule has 0 saturated heterocycles. The third-order valence-corrected chi connectivity index (χ3v) is 3.49. The Kier molecular flexibility index (Phi) is 6.35. The number of H-pyrrole nitrogens is 1. The summed E-state index contributed by atoms with van der Waals surface area (Å²) in [6.07, 6.45) is 3.29. The van der Waals surface area contributed by atoms with Crippen LogP contribution in [0.15, 0.2) is 6.07 Å². The van der Waals surface area contributed by atoms with Crippen LogP contribution in [0, 0.1) is 5.92 Å². The van der Waals surface area contributed by atoms with Gasteiger partial charge in [-0.25, -0.2) is 13.1 Å². The van der Waals surface area contributed by atoms with E-state index in [1.165, 1.54) is 0 Å². The summed E-state index contributed by atoms with van der Waals surface area (Å²) >= 11 is 0. The van der Waals surface area contributed by atoms with Crippen LogP contribution in [0.2, 0.25) is 0 Å². The molecule has 1 heterocycles. The van der Waals surface area contributed by atoms with E-state index in [1.54, 1.807) is 6.07 Å². The molecule has 0 aliphatic heterocycles. The molecule has 0 saturated carbocycles. The van der Waals surface area contributed by atoms with Gasteiger partial charge in [0.25, 0.3) is 0 Å². The van der Waals surface area contributed by atoms with Crippen LogP contribution >= 0.6 is 0 Å². The van der Waals surface area contributed by atoms with E-state index in [9.17, 15) is 13.2 Å². The van der Waals surface area contributed by atoms with Crippen molar-refractivity contribution >= 4 is 21.7 Å². The van der Waals surface area contributed by atoms with Gasteiger partial charge < -0.3 is 5.32 Å². The molecule has 21 heavy (non-hydrogen) atoms. The first-order valence-electron chi connectivity index (χ1n) is 7.03. The summed E-state index contributed by atoms with van der Waals surface area (Å²) in [4.78, 5) is 12.2. The molecule has 0 fully saturated rings. The topological polar surface area (TPSA) is 104 Å². The van der Waals surface area contributed by atoms with Crippen molar-refractivity contribution in [1.29, 1.82) is 0 Å². The van der Waals surface area contributed by atoms with Gasteiger partial charge in [0.1, 0.15) is 6.04 Å². The Morgan fingerprint density at radius 1 is 1.43 bits per heavy atom. The van der Waals surface area contributed by atoms with Crippen LogP contribution < -0.4 is 10.0 Å². The first-order valence-corrected chi connectivity index (χ1v) is 8.93. The van der Waals surface area contributed by atoms with Gasteiger partial charge in [-0.3, -0.25) is 9.89 Å². The molecule has 0 aliphatic rings. The molecule has 1 aromatic heterocycles. The van der Waals surface area contributed by atoms with E-state index in [4.69, 9.17) is 0 Å². The second-order valence-electron chi connectivity index (χ2n) is 5.59. The van der Waals surface area contributed by atoms with Crippen molar-refractivity contribution in [3.05, 3.63) is 11.8 Å². The fourth-order valence-electron chi connectivity index (χ4n) is 1.97. The summed E-state index contributed by atoms with van der Waals surface area (Å²) in [6.45, 7) is 5.91. The lowest BCUT2D eigenvalue weighted by Crippen LogP contribution is -2.44. The fourth-order valence-corrected chi connectivity index (χ4v) is 2.69. The summed E-state index contributed by atoms with van der Waals surface area (Å²) < 4.78 is 25.1. The van der Waals surface area contributed by atoms with Crippen molar-refractivity contribution in [2.45, 2.75) is 46.1 Å². The van der Waals surface area contributed by atoms with Crippen molar-refractivity contribution < 1.29 is 13.2 Å². The van der Waals surface area contributed by atoms with Crippen LogP contribution in [0.3, 0.4) is 0 Å². The molecule has 3 N–H and O–H groups in total. The average Bonchev–Trinajstić information content (AvgIpc) is 2.73. The number of rotatable bonds is 8. The highest BCUT2D eigenvalue weighted by Crippen LogP contribution is 2.11. The van der Waals surface area contributed by atoms with Gasteiger partial charge in [-0.15, -0.1) is 0 Å². The molecule has 1 atom stereocenters. The molecular formula is C13H24N4O3S. The molecule has 120 valence electrons. The highest BCUT2D eigenvalue weighted by molar-refractivity contribution is 7.88. The molecular weight excluding hydrogens is 292 g/mol. The summed E-state index contributed by atoms with van der Waals surface area (Å²) in [5.41, 5.74) is 0.935. The molecule has 0 radical (unpaired) electrons. The van der Waals surface area contributed by atoms with Crippen molar-refractivity contribution in [3.63, 3.8) is 0 Å². The second-order valence-corrected chi connectivity index (χ2v) is 7.37. The van der Waals surface area contributed by atoms with E-state index in [1.807, 2.05) is 20.8 Å². The minimum atomic E-state index is -3.45. The van der Waals surface area contributed by atoms with Gasteiger partial charge in [0, 0.05) is 11.8 Å². The van der Waals surface area contributed by atoms with E-state index < -0.39 is 22.0 Å². The minimum Gasteiger partial charge on any atom is -0.308 e. The maximum atomic E-state index is 12.2. The molecule has 1 aromatic rings. The molecule has 0 aromatic carbocycles. The number of carbonyl (C=O) groups is 1. The van der Waals surface area contributed by atoms with Gasteiger partial charge in [0.15, 0.2) is 5.82 Å². The van der Waals surface area contributed by atoms with Crippen LogP contribution in [0.25, 0.3) is 0 Å². The van der Waals surface area contributed by atoms with Gasteiger partial charge in [-0.1, -0.05) is 27.2 Å². The number of anilines is 1. The first-order chi connectivity index (χ1) is 9.71. The standard InChI is InChI=1S/C13H24N4O3S/c1-5-6-10-8-12(16-15-10)14-13(18)11(7-9(2)3)17-21(4,19)20/h8-9,11,17H,5-7H2,1-4H3,(H2,14,15,16,18). The van der Waals surface area contributed by atoms with Gasteiger partial charge in [0.2, 0.25) is 15.9 Å². The second kappa shape index (κ2) is 7.56. The lowest BCUT2D eigenvalue weighted by molar-refractivity contribution is -0.118. The zero-order valence-corrected chi connectivity index (χ0v) is 13.8. The Labute approximate surface area is 126 Å². The van der Waals surface area contributed by atoms with Gasteiger partial charge in [-0.05, 0) is 18.8 Å². The van der Waals surface area contributed by atoms with E-state index in [0.717, 1.165) is 24.8 Å². The van der Waals surface area contributed by atoms with Crippen LogP contribution in [-0.2, 0) is 21.2 Å². The molecule has 0 spiro atoms. The van der Waals surface area contributed by atoms with Crippen molar-refractivity contribution in [2.24, 2.45) is 5.92 Å².